The summed E-state index contributed by atoms with van der Waals surface area (Å²) in [6.07, 6.45) is 6.28. The largest absolute Gasteiger partial charge is 0.440 e. The van der Waals surface area contributed by atoms with Crippen LogP contribution in [0, 0.1) is 6.92 Å². The molecule has 30 heavy (non-hydrogen) atoms. The van der Waals surface area contributed by atoms with Gasteiger partial charge in [0.15, 0.2) is 22.5 Å². The third kappa shape index (κ3) is 2.96. The molecule has 0 amide bonds. The summed E-state index contributed by atoms with van der Waals surface area (Å²) in [5, 5.41) is 0. The number of rotatable bonds is 2. The van der Waals surface area contributed by atoms with E-state index in [-0.39, 0.29) is 5.54 Å². The van der Waals surface area contributed by atoms with Crippen LogP contribution in [0.4, 0.5) is 0 Å². The molecule has 0 N–H and O–H groups in total. The van der Waals surface area contributed by atoms with E-state index in [0.717, 1.165) is 17.0 Å². The van der Waals surface area contributed by atoms with Crippen molar-refractivity contribution < 1.29 is 8.98 Å². The first-order valence-electron chi connectivity index (χ1n) is 11.3. The van der Waals surface area contributed by atoms with Crippen LogP contribution in [0.15, 0.2) is 40.8 Å². The highest BCUT2D eigenvalue weighted by molar-refractivity contribution is 5.92. The van der Waals surface area contributed by atoms with E-state index in [9.17, 15) is 0 Å². The zero-order valence-electron chi connectivity index (χ0n) is 18.8. The molecule has 1 fully saturated rings. The fourth-order valence-corrected chi connectivity index (χ4v) is 5.19. The molecule has 5 rings (SSSR count). The predicted octanol–water partition coefficient (Wildman–Crippen LogP) is 6.39. The molecule has 0 radical (unpaired) electrons. The molecule has 156 valence electrons. The topological polar surface area (TPSA) is 34.8 Å². The summed E-state index contributed by atoms with van der Waals surface area (Å²) in [6, 6.07) is 12.9. The molecule has 0 spiro atoms. The molecule has 2 heterocycles. The van der Waals surface area contributed by atoms with Gasteiger partial charge in [0, 0.05) is 5.92 Å². The zero-order chi connectivity index (χ0) is 21.0. The van der Waals surface area contributed by atoms with E-state index in [0.29, 0.717) is 5.92 Å². The lowest BCUT2D eigenvalue weighted by Crippen LogP contribution is -2.33. The Bertz CT molecular complexity index is 1230. The summed E-state index contributed by atoms with van der Waals surface area (Å²) in [7, 11) is 2.17. The SMILES string of the molecule is Cc1ccc2oc(C3CCCCC3)nc2c1-c1n(C(C)(C)C)c2ccccc2[n+]1C. The van der Waals surface area contributed by atoms with Gasteiger partial charge in [0.05, 0.1) is 12.6 Å². The molecule has 0 unspecified atom stereocenters. The number of aromatic nitrogens is 3. The van der Waals surface area contributed by atoms with Gasteiger partial charge >= 0.3 is 0 Å². The monoisotopic (exact) mass is 402 g/mol. The van der Waals surface area contributed by atoms with Gasteiger partial charge in [-0.3, -0.25) is 0 Å². The lowest BCUT2D eigenvalue weighted by Gasteiger charge is -2.19. The molecule has 4 nitrogen and oxygen atoms in total. The number of fused-ring (bicyclic) bond motifs is 2. The molecule has 2 aromatic carbocycles. The van der Waals surface area contributed by atoms with Crippen LogP contribution in [-0.4, -0.2) is 9.55 Å². The number of para-hydroxylation sites is 2. The highest BCUT2D eigenvalue weighted by atomic mass is 16.3. The van der Waals surface area contributed by atoms with Crippen molar-refractivity contribution in [3.8, 4) is 11.4 Å². The second kappa shape index (κ2) is 6.97. The van der Waals surface area contributed by atoms with Gasteiger partial charge in [0.25, 0.3) is 5.82 Å². The van der Waals surface area contributed by atoms with E-state index in [1.54, 1.807) is 0 Å². The fourth-order valence-electron chi connectivity index (χ4n) is 5.19. The second-order valence-corrected chi connectivity index (χ2v) is 9.87. The van der Waals surface area contributed by atoms with E-state index in [1.807, 2.05) is 0 Å². The summed E-state index contributed by atoms with van der Waals surface area (Å²) in [4.78, 5) is 5.11. The number of imidazole rings is 1. The summed E-state index contributed by atoms with van der Waals surface area (Å²) in [5.74, 6) is 2.58. The van der Waals surface area contributed by atoms with Crippen molar-refractivity contribution in [1.29, 1.82) is 0 Å². The quantitative estimate of drug-likeness (QED) is 0.364. The molecule has 0 atom stereocenters. The molecular formula is C26H32N3O+. The van der Waals surface area contributed by atoms with Gasteiger partial charge in [-0.25, -0.2) is 14.1 Å². The minimum Gasteiger partial charge on any atom is -0.440 e. The lowest BCUT2D eigenvalue weighted by molar-refractivity contribution is -0.634. The third-order valence-corrected chi connectivity index (χ3v) is 6.65. The van der Waals surface area contributed by atoms with E-state index in [1.165, 1.54) is 60.1 Å². The van der Waals surface area contributed by atoms with Crippen LogP contribution in [0.2, 0.25) is 0 Å². The maximum Gasteiger partial charge on any atom is 0.292 e. The third-order valence-electron chi connectivity index (χ3n) is 6.65. The molecule has 1 saturated carbocycles. The summed E-state index contributed by atoms with van der Waals surface area (Å²) >= 11 is 0. The van der Waals surface area contributed by atoms with Crippen molar-refractivity contribution in [1.82, 2.24) is 9.55 Å². The van der Waals surface area contributed by atoms with Crippen LogP contribution >= 0.6 is 0 Å². The molecule has 4 aromatic rings. The first kappa shape index (κ1) is 19.3. The number of hydrogen-bond acceptors (Lipinski definition) is 2. The first-order valence-corrected chi connectivity index (χ1v) is 11.3. The normalized spacial score (nSPS) is 16.0. The summed E-state index contributed by atoms with van der Waals surface area (Å²) in [5.41, 5.74) is 6.73. The minimum absolute atomic E-state index is 0.0687. The van der Waals surface area contributed by atoms with Crippen LogP contribution in [0.1, 0.15) is 70.2 Å². The van der Waals surface area contributed by atoms with E-state index >= 15 is 0 Å². The average Bonchev–Trinajstić information content (AvgIpc) is 3.28. The molecular weight excluding hydrogens is 370 g/mol. The Morgan fingerprint density at radius 1 is 1.03 bits per heavy atom. The van der Waals surface area contributed by atoms with Gasteiger partial charge in [-0.2, -0.15) is 0 Å². The lowest BCUT2D eigenvalue weighted by atomic mass is 9.89. The first-order chi connectivity index (χ1) is 14.4. The summed E-state index contributed by atoms with van der Waals surface area (Å²) in [6.45, 7) is 9.01. The Kier molecular flexibility index (Phi) is 4.49. The Hall–Kier alpha value is -2.62. The molecule has 2 aromatic heterocycles. The van der Waals surface area contributed by atoms with Crippen LogP contribution in [-0.2, 0) is 12.6 Å². The maximum atomic E-state index is 6.33. The predicted molar refractivity (Wildman–Crippen MR) is 122 cm³/mol. The van der Waals surface area contributed by atoms with Gasteiger partial charge in [0.1, 0.15) is 11.1 Å². The van der Waals surface area contributed by atoms with Crippen LogP contribution in [0.3, 0.4) is 0 Å². The average molecular weight is 403 g/mol. The maximum absolute atomic E-state index is 6.33. The molecule has 0 saturated heterocycles. The highest BCUT2D eigenvalue weighted by Crippen LogP contribution is 2.39. The Morgan fingerprint density at radius 3 is 2.50 bits per heavy atom. The van der Waals surface area contributed by atoms with Gasteiger partial charge in [-0.15, -0.1) is 0 Å². The molecule has 0 bridgehead atoms. The van der Waals surface area contributed by atoms with Crippen LogP contribution in [0.5, 0.6) is 0 Å². The van der Waals surface area contributed by atoms with Gasteiger partial charge in [0.2, 0.25) is 0 Å². The zero-order valence-corrected chi connectivity index (χ0v) is 18.8. The molecule has 1 aliphatic rings. The number of aryl methyl sites for hydroxylation is 2. The van der Waals surface area contributed by atoms with Gasteiger partial charge in [-0.05, 0) is 64.3 Å². The van der Waals surface area contributed by atoms with Crippen molar-refractivity contribution in [3.63, 3.8) is 0 Å². The highest BCUT2D eigenvalue weighted by Gasteiger charge is 2.35. The Balaban J connectivity index is 1.81. The summed E-state index contributed by atoms with van der Waals surface area (Å²) < 4.78 is 11.1. The van der Waals surface area contributed by atoms with E-state index in [4.69, 9.17) is 9.40 Å². The van der Waals surface area contributed by atoms with Crippen molar-refractivity contribution in [2.45, 2.75) is 71.3 Å². The van der Waals surface area contributed by atoms with Crippen molar-refractivity contribution in [2.24, 2.45) is 7.05 Å². The van der Waals surface area contributed by atoms with Crippen molar-refractivity contribution >= 4 is 22.1 Å². The van der Waals surface area contributed by atoms with Gasteiger partial charge < -0.3 is 4.42 Å². The molecule has 4 heteroatoms. The van der Waals surface area contributed by atoms with Crippen molar-refractivity contribution in [2.75, 3.05) is 0 Å². The Morgan fingerprint density at radius 2 is 1.77 bits per heavy atom. The number of nitrogens with zero attached hydrogens (tertiary/aromatic N) is 3. The minimum atomic E-state index is -0.0687. The van der Waals surface area contributed by atoms with Gasteiger partial charge in [-0.1, -0.05) is 37.5 Å². The van der Waals surface area contributed by atoms with Crippen LogP contribution in [0.25, 0.3) is 33.5 Å². The van der Waals surface area contributed by atoms with E-state index < -0.39 is 0 Å². The second-order valence-electron chi connectivity index (χ2n) is 9.87. The molecule has 1 aliphatic carbocycles. The smallest absolute Gasteiger partial charge is 0.292 e. The van der Waals surface area contributed by atoms with E-state index in [2.05, 4.69) is 80.3 Å². The molecule has 0 aliphatic heterocycles. The number of oxazole rings is 1. The number of benzene rings is 2. The standard InChI is InChI=1S/C26H32N3O/c1-17-15-16-21-23(27-24(30-21)18-11-7-6-8-12-18)22(17)25-28(5)19-13-9-10-14-20(19)29(25)26(2,3)4/h9-10,13-16,18H,6-8,11-12H2,1-5H3/q+1. The number of hydrogen-bond donors (Lipinski definition) is 0. The fraction of sp³-hybridized carbons (Fsp3) is 0.462. The van der Waals surface area contributed by atoms with Crippen molar-refractivity contribution in [3.05, 3.63) is 47.9 Å². The Labute approximate surface area is 178 Å². The van der Waals surface area contributed by atoms with Crippen LogP contribution < -0.4 is 4.57 Å².